The molecule has 1 saturated carbocycles. The molecular weight excluding hydrogens is 480 g/mol. The van der Waals surface area contributed by atoms with Crippen molar-refractivity contribution >= 4 is 11.7 Å². The van der Waals surface area contributed by atoms with Crippen molar-refractivity contribution in [1.29, 1.82) is 0 Å². The highest BCUT2D eigenvalue weighted by Crippen LogP contribution is 2.37. The molecule has 0 unspecified atom stereocenters. The number of anilines is 1. The second-order valence-electron chi connectivity index (χ2n) is 9.84. The third-order valence-electron chi connectivity index (χ3n) is 7.11. The fraction of sp³-hybridized carbons (Fsp3) is 0.423. The molecule has 1 amide bonds. The van der Waals surface area contributed by atoms with E-state index >= 15 is 4.39 Å². The van der Waals surface area contributed by atoms with Gasteiger partial charge < -0.3 is 20.7 Å². The van der Waals surface area contributed by atoms with Crippen LogP contribution in [-0.4, -0.2) is 63.0 Å². The molecule has 0 atom stereocenters. The molecule has 0 radical (unpaired) electrons. The molecule has 3 fully saturated rings. The molecule has 2 bridgehead atoms. The minimum Gasteiger partial charge on any atom is -0.478 e. The lowest BCUT2D eigenvalue weighted by Crippen LogP contribution is -2.54. The molecule has 11 heteroatoms. The number of ether oxygens (including phenoxy) is 1. The number of hydrogen-bond acceptors (Lipinski definition) is 8. The third kappa shape index (κ3) is 5.08. The summed E-state index contributed by atoms with van der Waals surface area (Å²) in [4.78, 5) is 31.9. The van der Waals surface area contributed by atoms with Crippen LogP contribution in [0.2, 0.25) is 0 Å². The standard InChI is InChI=1S/C26H29F2N7O2/c1-3-37-20-5-4-16(11-30-20)18-10-17(21(27)22(32-18)19-12-31-24(29)23(28)33-19)25(36)34-26-8-6-15(7-9-26)13-35(2)14-26/h4-5,10-12,15H,3,6-9,13-14H2,1-2H3,(H2,29,31)(H,34,36). The Bertz CT molecular complexity index is 1310. The average molecular weight is 510 g/mol. The monoisotopic (exact) mass is 509 g/mol. The quantitative estimate of drug-likeness (QED) is 0.519. The molecule has 5 heterocycles. The van der Waals surface area contributed by atoms with Gasteiger partial charge in [-0.05, 0) is 57.7 Å². The van der Waals surface area contributed by atoms with E-state index in [0.29, 0.717) is 30.5 Å². The summed E-state index contributed by atoms with van der Waals surface area (Å²) in [5.74, 6) is -1.90. The van der Waals surface area contributed by atoms with Gasteiger partial charge in [0.15, 0.2) is 11.6 Å². The fourth-order valence-corrected chi connectivity index (χ4v) is 5.33. The number of carbonyl (C=O) groups is 1. The van der Waals surface area contributed by atoms with Gasteiger partial charge in [0.1, 0.15) is 11.4 Å². The van der Waals surface area contributed by atoms with Crippen LogP contribution in [0.3, 0.4) is 0 Å². The number of amides is 1. The van der Waals surface area contributed by atoms with Gasteiger partial charge in [-0.3, -0.25) is 4.79 Å². The van der Waals surface area contributed by atoms with Crippen molar-refractivity contribution in [2.45, 2.75) is 38.1 Å². The van der Waals surface area contributed by atoms with Crippen LogP contribution < -0.4 is 15.8 Å². The van der Waals surface area contributed by atoms with Gasteiger partial charge in [-0.15, -0.1) is 0 Å². The van der Waals surface area contributed by atoms with E-state index in [4.69, 9.17) is 10.5 Å². The van der Waals surface area contributed by atoms with Gasteiger partial charge in [0.05, 0.1) is 29.6 Å². The molecule has 0 aromatic carbocycles. The maximum Gasteiger partial charge on any atom is 0.256 e. The van der Waals surface area contributed by atoms with E-state index < -0.39 is 29.0 Å². The zero-order valence-corrected chi connectivity index (χ0v) is 20.8. The van der Waals surface area contributed by atoms with Gasteiger partial charge in [-0.2, -0.15) is 4.39 Å². The number of nitrogen functional groups attached to an aromatic ring is 1. The maximum absolute atomic E-state index is 15.9. The molecule has 3 aliphatic rings. The zero-order valence-electron chi connectivity index (χ0n) is 20.8. The molecule has 9 nitrogen and oxygen atoms in total. The molecule has 37 heavy (non-hydrogen) atoms. The first-order valence-electron chi connectivity index (χ1n) is 12.4. The normalized spacial score (nSPS) is 21.5. The van der Waals surface area contributed by atoms with Crippen LogP contribution in [0.1, 0.15) is 43.0 Å². The van der Waals surface area contributed by atoms with Crippen molar-refractivity contribution in [2.24, 2.45) is 5.92 Å². The van der Waals surface area contributed by atoms with Crippen LogP contribution in [0.5, 0.6) is 5.88 Å². The number of fused-ring (bicyclic) bond motifs is 4. The number of hydrogen-bond donors (Lipinski definition) is 2. The van der Waals surface area contributed by atoms with Crippen LogP contribution in [0.4, 0.5) is 14.6 Å². The number of pyridine rings is 2. The molecule has 3 aromatic heterocycles. The van der Waals surface area contributed by atoms with E-state index in [2.05, 4.69) is 30.2 Å². The lowest BCUT2D eigenvalue weighted by molar-refractivity contribution is 0.0853. The maximum atomic E-state index is 15.9. The Morgan fingerprint density at radius 2 is 1.97 bits per heavy atom. The lowest BCUT2D eigenvalue weighted by Gasteiger charge is -2.38. The summed E-state index contributed by atoms with van der Waals surface area (Å²) in [7, 11) is 2.04. The SMILES string of the molecule is CCOc1ccc(-c2cc(C(=O)NC34CCC(CC3)CN(C)C4)c(F)c(-c3cnc(N)c(F)n3)n2)cn1. The van der Waals surface area contributed by atoms with Crippen molar-refractivity contribution in [3.63, 3.8) is 0 Å². The number of carbonyl (C=O) groups excluding carboxylic acids is 1. The minimum atomic E-state index is -1.05. The van der Waals surface area contributed by atoms with Crippen molar-refractivity contribution in [1.82, 2.24) is 30.2 Å². The van der Waals surface area contributed by atoms with E-state index in [1.807, 2.05) is 14.0 Å². The van der Waals surface area contributed by atoms with Gasteiger partial charge in [-0.25, -0.2) is 24.3 Å². The van der Waals surface area contributed by atoms with Gasteiger partial charge in [0.2, 0.25) is 5.88 Å². The van der Waals surface area contributed by atoms with Gasteiger partial charge in [-0.1, -0.05) is 0 Å². The summed E-state index contributed by atoms with van der Waals surface area (Å²) in [6, 6.07) is 4.75. The molecule has 2 saturated heterocycles. The Balaban J connectivity index is 1.57. The zero-order chi connectivity index (χ0) is 26.2. The molecule has 0 spiro atoms. The van der Waals surface area contributed by atoms with Crippen LogP contribution in [-0.2, 0) is 0 Å². The molecule has 194 valence electrons. The minimum absolute atomic E-state index is 0.174. The molecule has 2 aliphatic heterocycles. The Morgan fingerprint density at radius 3 is 2.65 bits per heavy atom. The highest BCUT2D eigenvalue weighted by atomic mass is 19.1. The third-order valence-corrected chi connectivity index (χ3v) is 7.11. The lowest BCUT2D eigenvalue weighted by atomic mass is 9.78. The van der Waals surface area contributed by atoms with Crippen LogP contribution in [0.15, 0.2) is 30.6 Å². The van der Waals surface area contributed by atoms with E-state index in [-0.39, 0.29) is 22.6 Å². The van der Waals surface area contributed by atoms with Crippen LogP contribution >= 0.6 is 0 Å². The molecular formula is C26H29F2N7O2. The highest BCUT2D eigenvalue weighted by Gasteiger charge is 2.41. The summed E-state index contributed by atoms with van der Waals surface area (Å²) in [5, 5.41) is 3.14. The van der Waals surface area contributed by atoms with E-state index in [1.54, 1.807) is 12.1 Å². The summed E-state index contributed by atoms with van der Waals surface area (Å²) < 4.78 is 35.4. The predicted molar refractivity (Wildman–Crippen MR) is 134 cm³/mol. The summed E-state index contributed by atoms with van der Waals surface area (Å²) in [6.45, 7) is 3.98. The second kappa shape index (κ2) is 9.97. The fourth-order valence-electron chi connectivity index (χ4n) is 5.33. The molecule has 3 N–H and O–H groups in total. The molecule has 6 rings (SSSR count). The molecule has 1 aliphatic carbocycles. The summed E-state index contributed by atoms with van der Waals surface area (Å²) in [6.07, 6.45) is 6.34. The van der Waals surface area contributed by atoms with Crippen molar-refractivity contribution in [3.8, 4) is 28.5 Å². The average Bonchev–Trinajstić information content (AvgIpc) is 3.13. The number of likely N-dealkylation sites (N-methyl/N-ethyl adjacent to an activating group) is 1. The number of rotatable bonds is 6. The number of halogens is 2. The Morgan fingerprint density at radius 1 is 1.19 bits per heavy atom. The number of nitrogens with one attached hydrogen (secondary N) is 1. The largest absolute Gasteiger partial charge is 0.478 e. The topological polar surface area (TPSA) is 119 Å². The van der Waals surface area contributed by atoms with Gasteiger partial charge >= 0.3 is 0 Å². The summed E-state index contributed by atoms with van der Waals surface area (Å²) >= 11 is 0. The summed E-state index contributed by atoms with van der Waals surface area (Å²) in [5.41, 5.74) is 5.12. The Kier molecular flexibility index (Phi) is 6.72. The van der Waals surface area contributed by atoms with E-state index in [1.165, 1.54) is 12.3 Å². The number of aromatic nitrogens is 4. The Hall–Kier alpha value is -3.73. The second-order valence-corrected chi connectivity index (χ2v) is 9.84. The predicted octanol–water partition coefficient (Wildman–Crippen LogP) is 3.46. The molecule has 3 aromatic rings. The first-order valence-corrected chi connectivity index (χ1v) is 12.4. The first kappa shape index (κ1) is 24.9. The van der Waals surface area contributed by atoms with E-state index in [9.17, 15) is 9.18 Å². The number of nitrogens with zero attached hydrogens (tertiary/aromatic N) is 5. The van der Waals surface area contributed by atoms with Crippen LogP contribution in [0, 0.1) is 17.7 Å². The van der Waals surface area contributed by atoms with Crippen molar-refractivity contribution in [2.75, 3.05) is 32.5 Å². The smallest absolute Gasteiger partial charge is 0.256 e. The van der Waals surface area contributed by atoms with E-state index in [0.717, 1.165) is 38.4 Å². The Labute approximate surface area is 213 Å². The number of nitrogens with two attached hydrogens (primary N) is 1. The van der Waals surface area contributed by atoms with Crippen LogP contribution in [0.25, 0.3) is 22.6 Å². The highest BCUT2D eigenvalue weighted by molar-refractivity contribution is 5.97. The van der Waals surface area contributed by atoms with Crippen molar-refractivity contribution in [3.05, 3.63) is 47.9 Å². The van der Waals surface area contributed by atoms with Gasteiger partial charge in [0.25, 0.3) is 11.9 Å². The first-order chi connectivity index (χ1) is 17.8. The van der Waals surface area contributed by atoms with Crippen molar-refractivity contribution < 1.29 is 18.3 Å². The van der Waals surface area contributed by atoms with Gasteiger partial charge in [0, 0.05) is 30.9 Å².